The van der Waals surface area contributed by atoms with Crippen molar-refractivity contribution < 1.29 is 18.4 Å². The molecule has 0 aromatic carbocycles. The predicted molar refractivity (Wildman–Crippen MR) is 53.3 cm³/mol. The molecule has 2 aliphatic rings. The van der Waals surface area contributed by atoms with E-state index in [1.807, 2.05) is 0 Å². The second kappa shape index (κ2) is 4.35. The zero-order valence-electron chi connectivity index (χ0n) is 8.84. The molecule has 0 aromatic rings. The molecule has 4 nitrogen and oxygen atoms in total. The molecule has 1 aliphatic heterocycles. The van der Waals surface area contributed by atoms with E-state index < -0.39 is 12.0 Å². The van der Waals surface area contributed by atoms with Crippen molar-refractivity contribution in [3.63, 3.8) is 0 Å². The number of carbonyl (C=O) groups is 1. The molecule has 1 amide bonds. The minimum absolute atomic E-state index is 0.0799. The number of oxime groups is 1. The molecule has 1 fully saturated rings. The number of amides is 1. The van der Waals surface area contributed by atoms with Gasteiger partial charge in [0.05, 0.1) is 0 Å². The van der Waals surface area contributed by atoms with Crippen molar-refractivity contribution >= 4 is 11.6 Å². The fourth-order valence-corrected chi connectivity index (χ4v) is 2.03. The van der Waals surface area contributed by atoms with Crippen molar-refractivity contribution in [3.05, 3.63) is 0 Å². The molecule has 1 saturated carbocycles. The van der Waals surface area contributed by atoms with Gasteiger partial charge in [0.1, 0.15) is 12.3 Å². The predicted octanol–water partition coefficient (Wildman–Crippen LogP) is 1.46. The lowest BCUT2D eigenvalue weighted by molar-refractivity contribution is -0.117. The average molecular weight is 232 g/mol. The van der Waals surface area contributed by atoms with Gasteiger partial charge in [-0.2, -0.15) is 0 Å². The summed E-state index contributed by atoms with van der Waals surface area (Å²) in [5, 5.41) is 6.14. The second-order valence-corrected chi connectivity index (χ2v) is 4.24. The summed E-state index contributed by atoms with van der Waals surface area (Å²) in [5.74, 6) is -3.02. The van der Waals surface area contributed by atoms with Gasteiger partial charge >= 0.3 is 0 Å². The Kier molecular flexibility index (Phi) is 3.07. The van der Waals surface area contributed by atoms with E-state index in [1.165, 1.54) is 0 Å². The van der Waals surface area contributed by atoms with Crippen LogP contribution in [-0.2, 0) is 9.63 Å². The van der Waals surface area contributed by atoms with Crippen molar-refractivity contribution in [2.24, 2.45) is 5.16 Å². The third-order valence-corrected chi connectivity index (χ3v) is 2.84. The number of nitrogens with one attached hydrogen (secondary N) is 1. The summed E-state index contributed by atoms with van der Waals surface area (Å²) in [4.78, 5) is 16.2. The zero-order valence-corrected chi connectivity index (χ0v) is 8.84. The van der Waals surface area contributed by atoms with E-state index in [-0.39, 0.29) is 18.7 Å². The third kappa shape index (κ3) is 2.68. The lowest BCUT2D eigenvalue weighted by atomic mass is 9.92. The van der Waals surface area contributed by atoms with Gasteiger partial charge in [-0.1, -0.05) is 5.16 Å². The highest BCUT2D eigenvalue weighted by Crippen LogP contribution is 2.33. The van der Waals surface area contributed by atoms with Crippen LogP contribution in [0.4, 0.5) is 8.78 Å². The highest BCUT2D eigenvalue weighted by Gasteiger charge is 2.37. The molecular weight excluding hydrogens is 218 g/mol. The van der Waals surface area contributed by atoms with E-state index in [4.69, 9.17) is 0 Å². The molecule has 2 rings (SSSR count). The maximum atomic E-state index is 13.1. The van der Waals surface area contributed by atoms with Gasteiger partial charge in [0.25, 0.3) is 5.91 Å². The number of halogens is 2. The van der Waals surface area contributed by atoms with Crippen molar-refractivity contribution in [1.29, 1.82) is 0 Å². The Bertz CT molecular complexity index is 318. The summed E-state index contributed by atoms with van der Waals surface area (Å²) in [7, 11) is 0. The molecule has 6 heteroatoms. The first-order valence-electron chi connectivity index (χ1n) is 5.44. The van der Waals surface area contributed by atoms with Gasteiger partial charge in [-0.15, -0.1) is 0 Å². The molecule has 16 heavy (non-hydrogen) atoms. The summed E-state index contributed by atoms with van der Waals surface area (Å²) in [6, 6.07) is -0.445. The Labute approximate surface area is 92.0 Å². The van der Waals surface area contributed by atoms with Crippen LogP contribution in [0, 0.1) is 0 Å². The summed E-state index contributed by atoms with van der Waals surface area (Å²) >= 11 is 0. The lowest BCUT2D eigenvalue weighted by Gasteiger charge is -2.29. The summed E-state index contributed by atoms with van der Waals surface area (Å²) in [6.07, 6.45) is 1.15. The summed E-state index contributed by atoms with van der Waals surface area (Å²) in [5.41, 5.74) is 0.300. The smallest absolute Gasteiger partial charge is 0.269 e. The maximum absolute atomic E-state index is 13.1. The van der Waals surface area contributed by atoms with Crippen LogP contribution in [0.2, 0.25) is 0 Å². The molecule has 0 spiro atoms. The molecule has 0 saturated heterocycles. The van der Waals surface area contributed by atoms with E-state index in [0.29, 0.717) is 31.6 Å². The number of carbonyl (C=O) groups excluding carboxylic acids is 1. The van der Waals surface area contributed by atoms with Crippen LogP contribution in [0.3, 0.4) is 0 Å². The highest BCUT2D eigenvalue weighted by molar-refractivity contribution is 6.39. The Morgan fingerprint density at radius 1 is 1.56 bits per heavy atom. The minimum atomic E-state index is -2.65. The van der Waals surface area contributed by atoms with Gasteiger partial charge < -0.3 is 10.2 Å². The molecule has 1 atom stereocenters. The number of rotatable bonds is 2. The largest absolute Gasteiger partial charge is 0.395 e. The minimum Gasteiger partial charge on any atom is -0.395 e. The molecule has 90 valence electrons. The molecular formula is C10H14F2N2O2. The van der Waals surface area contributed by atoms with Gasteiger partial charge in [-0.3, -0.25) is 4.79 Å². The number of hydrogen-bond donors (Lipinski definition) is 1. The molecule has 0 radical (unpaired) electrons. The van der Waals surface area contributed by atoms with Crippen molar-refractivity contribution in [3.8, 4) is 0 Å². The average Bonchev–Trinajstić information content (AvgIpc) is 2.68. The zero-order chi connectivity index (χ0) is 11.6. The normalized spacial score (nSPS) is 28.1. The van der Waals surface area contributed by atoms with Crippen LogP contribution < -0.4 is 5.32 Å². The van der Waals surface area contributed by atoms with Gasteiger partial charge in [0.15, 0.2) is 0 Å². The molecule has 1 N–H and O–H groups in total. The number of nitrogens with zero attached hydrogens (tertiary/aromatic N) is 1. The van der Waals surface area contributed by atoms with Crippen LogP contribution in [0.25, 0.3) is 0 Å². The van der Waals surface area contributed by atoms with E-state index >= 15 is 0 Å². The molecule has 1 heterocycles. The Hall–Kier alpha value is -1.20. The van der Waals surface area contributed by atoms with Gasteiger partial charge in [-0.25, -0.2) is 8.78 Å². The van der Waals surface area contributed by atoms with Gasteiger partial charge in [0, 0.05) is 25.3 Å². The van der Waals surface area contributed by atoms with Crippen LogP contribution in [0.1, 0.15) is 32.1 Å². The SMILES string of the molecule is O=C(NC1CCCC(F)(F)C1)C1=NOCC1. The Morgan fingerprint density at radius 3 is 3.00 bits per heavy atom. The van der Waals surface area contributed by atoms with Crippen LogP contribution >= 0.6 is 0 Å². The fourth-order valence-electron chi connectivity index (χ4n) is 2.03. The van der Waals surface area contributed by atoms with Crippen molar-refractivity contribution in [1.82, 2.24) is 5.32 Å². The number of hydrogen-bond acceptors (Lipinski definition) is 3. The standard InChI is InChI=1S/C10H14F2N2O2/c11-10(12)4-1-2-7(6-10)13-9(15)8-3-5-16-14-8/h7H,1-6H2,(H,13,15). The van der Waals surface area contributed by atoms with Crippen LogP contribution in [-0.4, -0.2) is 30.2 Å². The quantitative estimate of drug-likeness (QED) is 0.783. The van der Waals surface area contributed by atoms with Crippen LogP contribution in [0.15, 0.2) is 5.16 Å². The monoisotopic (exact) mass is 232 g/mol. The topological polar surface area (TPSA) is 50.7 Å². The first-order valence-corrected chi connectivity index (χ1v) is 5.44. The Morgan fingerprint density at radius 2 is 2.38 bits per heavy atom. The molecule has 1 aliphatic carbocycles. The lowest BCUT2D eigenvalue weighted by Crippen LogP contribution is -2.44. The first kappa shape index (κ1) is 11.3. The van der Waals surface area contributed by atoms with E-state index in [1.54, 1.807) is 0 Å². The second-order valence-electron chi connectivity index (χ2n) is 4.24. The summed E-state index contributed by atoms with van der Waals surface area (Å²) in [6.45, 7) is 0.392. The van der Waals surface area contributed by atoms with Gasteiger partial charge in [-0.05, 0) is 12.8 Å². The van der Waals surface area contributed by atoms with Crippen molar-refractivity contribution in [2.45, 2.75) is 44.1 Å². The third-order valence-electron chi connectivity index (χ3n) is 2.84. The maximum Gasteiger partial charge on any atom is 0.269 e. The van der Waals surface area contributed by atoms with E-state index in [0.717, 1.165) is 0 Å². The molecule has 0 bridgehead atoms. The summed E-state index contributed by atoms with van der Waals surface area (Å²) < 4.78 is 26.2. The molecule has 1 unspecified atom stereocenters. The van der Waals surface area contributed by atoms with Crippen molar-refractivity contribution in [2.75, 3.05) is 6.61 Å². The van der Waals surface area contributed by atoms with E-state index in [2.05, 4.69) is 15.3 Å². The Balaban J connectivity index is 1.87. The fraction of sp³-hybridized carbons (Fsp3) is 0.800. The highest BCUT2D eigenvalue weighted by atomic mass is 19.3. The molecule has 0 aromatic heterocycles. The van der Waals surface area contributed by atoms with Gasteiger partial charge in [0.2, 0.25) is 5.92 Å². The number of alkyl halides is 2. The van der Waals surface area contributed by atoms with E-state index in [9.17, 15) is 13.6 Å². The van der Waals surface area contributed by atoms with Crippen LogP contribution in [0.5, 0.6) is 0 Å². The first-order chi connectivity index (χ1) is 7.57.